The molecule has 1 aliphatic rings. The average molecular weight is 439 g/mol. The van der Waals surface area contributed by atoms with Crippen molar-refractivity contribution in [1.82, 2.24) is 20.2 Å². The van der Waals surface area contributed by atoms with Crippen molar-refractivity contribution in [2.75, 3.05) is 19.9 Å². The highest BCUT2D eigenvalue weighted by atomic mass is 16.5. The second kappa shape index (κ2) is 12.0. The number of carbonyl (C=O) groups is 1. The zero-order chi connectivity index (χ0) is 22.8. The van der Waals surface area contributed by atoms with Crippen molar-refractivity contribution in [3.8, 4) is 0 Å². The molecular formula is C23H30N6O3. The molecule has 1 amide bonds. The maximum atomic E-state index is 12.6. The Labute approximate surface area is 188 Å². The first-order valence-electron chi connectivity index (χ1n) is 10.6. The molecule has 0 aliphatic carbocycles. The van der Waals surface area contributed by atoms with E-state index in [0.717, 1.165) is 42.8 Å². The van der Waals surface area contributed by atoms with Crippen LogP contribution in [0.25, 0.3) is 0 Å². The number of ether oxygens (including phenoxy) is 1. The van der Waals surface area contributed by atoms with Crippen molar-refractivity contribution in [2.24, 2.45) is 9.98 Å². The van der Waals surface area contributed by atoms with E-state index in [0.29, 0.717) is 25.1 Å². The summed E-state index contributed by atoms with van der Waals surface area (Å²) in [7, 11) is 0. The minimum Gasteiger partial charge on any atom is -0.392 e. The van der Waals surface area contributed by atoms with E-state index in [1.807, 2.05) is 31.2 Å². The Balaban J connectivity index is 1.68. The Hall–Kier alpha value is -3.14. The van der Waals surface area contributed by atoms with E-state index in [9.17, 15) is 9.90 Å². The Kier molecular flexibility index (Phi) is 8.85. The van der Waals surface area contributed by atoms with Gasteiger partial charge >= 0.3 is 0 Å². The molecule has 1 saturated heterocycles. The highest BCUT2D eigenvalue weighted by Crippen LogP contribution is 2.10. The molecule has 32 heavy (non-hydrogen) atoms. The summed E-state index contributed by atoms with van der Waals surface area (Å²) in [6, 6.07) is 7.80. The van der Waals surface area contributed by atoms with Gasteiger partial charge in [0.15, 0.2) is 0 Å². The summed E-state index contributed by atoms with van der Waals surface area (Å²) in [6.45, 7) is 7.57. The molecular weight excluding hydrogens is 408 g/mol. The SMILES string of the molecule is C=N/C=C(C)\C(=N/CNC1CCOCC1)n1cnc(C(=O)NCc2ccccc2CO)c1. The number of aromatic nitrogens is 2. The molecule has 0 atom stereocenters. The third-order valence-electron chi connectivity index (χ3n) is 5.26. The number of nitrogens with zero attached hydrogens (tertiary/aromatic N) is 4. The van der Waals surface area contributed by atoms with Gasteiger partial charge in [0.05, 0.1) is 13.3 Å². The van der Waals surface area contributed by atoms with Gasteiger partial charge in [-0.3, -0.25) is 24.7 Å². The second-order valence-corrected chi connectivity index (χ2v) is 7.50. The molecule has 1 aromatic carbocycles. The number of aliphatic hydroxyl groups is 1. The fourth-order valence-electron chi connectivity index (χ4n) is 3.46. The van der Waals surface area contributed by atoms with Gasteiger partial charge in [-0.15, -0.1) is 0 Å². The van der Waals surface area contributed by atoms with Crippen LogP contribution in [0.3, 0.4) is 0 Å². The van der Waals surface area contributed by atoms with Gasteiger partial charge in [0.25, 0.3) is 5.91 Å². The van der Waals surface area contributed by atoms with E-state index in [4.69, 9.17) is 4.74 Å². The number of rotatable bonds is 9. The lowest BCUT2D eigenvalue weighted by Crippen LogP contribution is -2.35. The van der Waals surface area contributed by atoms with E-state index in [1.165, 1.54) is 0 Å². The molecule has 0 unspecified atom stereocenters. The fraction of sp³-hybridized carbons (Fsp3) is 0.391. The zero-order valence-corrected chi connectivity index (χ0v) is 18.3. The molecule has 0 radical (unpaired) electrons. The molecule has 1 fully saturated rings. The van der Waals surface area contributed by atoms with Crippen LogP contribution < -0.4 is 10.6 Å². The average Bonchev–Trinajstić information content (AvgIpc) is 3.31. The minimum absolute atomic E-state index is 0.0780. The summed E-state index contributed by atoms with van der Waals surface area (Å²) in [5, 5.41) is 15.7. The Morgan fingerprint density at radius 1 is 1.34 bits per heavy atom. The van der Waals surface area contributed by atoms with Crippen LogP contribution in [0.5, 0.6) is 0 Å². The van der Waals surface area contributed by atoms with Crippen LogP contribution in [0, 0.1) is 0 Å². The van der Waals surface area contributed by atoms with E-state index in [2.05, 4.69) is 32.3 Å². The smallest absolute Gasteiger partial charge is 0.271 e. The van der Waals surface area contributed by atoms with Crippen LogP contribution in [0.1, 0.15) is 41.4 Å². The number of allylic oxidation sites excluding steroid dienone is 1. The summed E-state index contributed by atoms with van der Waals surface area (Å²) in [5.74, 6) is 0.328. The Morgan fingerprint density at radius 2 is 2.09 bits per heavy atom. The third-order valence-corrected chi connectivity index (χ3v) is 5.26. The van der Waals surface area contributed by atoms with Gasteiger partial charge < -0.3 is 15.2 Å². The van der Waals surface area contributed by atoms with E-state index in [-0.39, 0.29) is 18.2 Å². The summed E-state index contributed by atoms with van der Waals surface area (Å²) in [6.07, 6.45) is 6.75. The number of aliphatic imine (C=N–C) groups is 2. The van der Waals surface area contributed by atoms with Gasteiger partial charge in [-0.1, -0.05) is 24.3 Å². The second-order valence-electron chi connectivity index (χ2n) is 7.50. The molecule has 170 valence electrons. The normalized spacial score (nSPS) is 15.6. The molecule has 2 heterocycles. The molecule has 0 spiro atoms. The first-order chi connectivity index (χ1) is 15.6. The van der Waals surface area contributed by atoms with Gasteiger partial charge in [0, 0.05) is 43.8 Å². The van der Waals surface area contributed by atoms with Crippen LogP contribution in [0.15, 0.2) is 58.5 Å². The van der Waals surface area contributed by atoms with Crippen molar-refractivity contribution >= 4 is 18.5 Å². The number of aliphatic hydroxyl groups excluding tert-OH is 1. The van der Waals surface area contributed by atoms with Crippen LogP contribution in [-0.2, 0) is 17.9 Å². The first-order valence-corrected chi connectivity index (χ1v) is 10.6. The molecule has 9 heteroatoms. The summed E-state index contributed by atoms with van der Waals surface area (Å²) in [5.41, 5.74) is 2.72. The molecule has 0 saturated carbocycles. The Morgan fingerprint density at radius 3 is 2.81 bits per heavy atom. The van der Waals surface area contributed by atoms with Gasteiger partial charge in [0.2, 0.25) is 0 Å². The molecule has 3 rings (SSSR count). The standard InChI is InChI=1S/C23H30N6O3/c1-17(11-24-2)22(27-15-26-20-7-9-32-10-8-20)29-13-21(28-16-29)23(31)25-12-18-5-3-4-6-19(18)14-30/h3-6,11,13,16,20,26,30H,2,7-10,12,14-15H2,1H3,(H,25,31)/b17-11-,27-22+. The first kappa shape index (κ1) is 23.5. The van der Waals surface area contributed by atoms with Gasteiger partial charge in [0.1, 0.15) is 17.9 Å². The number of amides is 1. The lowest BCUT2D eigenvalue weighted by atomic mass is 10.1. The van der Waals surface area contributed by atoms with Gasteiger partial charge in [-0.05, 0) is 37.6 Å². The van der Waals surface area contributed by atoms with Crippen LogP contribution in [-0.4, -0.2) is 59.0 Å². The number of carbonyl (C=O) groups excluding carboxylic acids is 1. The zero-order valence-electron chi connectivity index (χ0n) is 18.3. The van der Waals surface area contributed by atoms with Crippen molar-refractivity contribution in [2.45, 2.75) is 39.0 Å². The molecule has 2 aromatic rings. The topological polar surface area (TPSA) is 113 Å². The van der Waals surface area contributed by atoms with Crippen molar-refractivity contribution in [3.63, 3.8) is 0 Å². The molecule has 1 aromatic heterocycles. The maximum Gasteiger partial charge on any atom is 0.271 e. The van der Waals surface area contributed by atoms with E-state index < -0.39 is 0 Å². The predicted molar refractivity (Wildman–Crippen MR) is 124 cm³/mol. The highest BCUT2D eigenvalue weighted by Gasteiger charge is 2.15. The predicted octanol–water partition coefficient (Wildman–Crippen LogP) is 1.88. The van der Waals surface area contributed by atoms with E-state index >= 15 is 0 Å². The largest absolute Gasteiger partial charge is 0.392 e. The van der Waals surface area contributed by atoms with Crippen molar-refractivity contribution < 1.29 is 14.6 Å². The van der Waals surface area contributed by atoms with Crippen LogP contribution in [0.2, 0.25) is 0 Å². The number of benzene rings is 1. The lowest BCUT2D eigenvalue weighted by molar-refractivity contribution is 0.0783. The van der Waals surface area contributed by atoms with E-state index in [1.54, 1.807) is 23.3 Å². The van der Waals surface area contributed by atoms with Crippen molar-refractivity contribution in [3.05, 3.63) is 65.4 Å². The molecule has 1 aliphatic heterocycles. The quantitative estimate of drug-likeness (QED) is 0.409. The van der Waals surface area contributed by atoms with Crippen LogP contribution >= 0.6 is 0 Å². The fourth-order valence-corrected chi connectivity index (χ4v) is 3.46. The molecule has 9 nitrogen and oxygen atoms in total. The number of hydrogen-bond donors (Lipinski definition) is 3. The molecule has 3 N–H and O–H groups in total. The van der Waals surface area contributed by atoms with Gasteiger partial charge in [-0.2, -0.15) is 0 Å². The number of nitrogens with one attached hydrogen (secondary N) is 2. The third kappa shape index (κ3) is 6.43. The molecule has 0 bridgehead atoms. The summed E-state index contributed by atoms with van der Waals surface area (Å²) in [4.78, 5) is 25.4. The lowest BCUT2D eigenvalue weighted by Gasteiger charge is -2.22. The minimum atomic E-state index is -0.306. The monoisotopic (exact) mass is 438 g/mol. The number of hydrogen-bond acceptors (Lipinski definition) is 7. The number of imidazole rings is 1. The van der Waals surface area contributed by atoms with Crippen LogP contribution in [0.4, 0.5) is 0 Å². The maximum absolute atomic E-state index is 12.6. The highest BCUT2D eigenvalue weighted by molar-refractivity contribution is 6.00. The summed E-state index contributed by atoms with van der Waals surface area (Å²) < 4.78 is 7.09. The Bertz CT molecular complexity index is 976. The van der Waals surface area contributed by atoms with Gasteiger partial charge in [-0.25, -0.2) is 4.98 Å². The summed E-state index contributed by atoms with van der Waals surface area (Å²) >= 11 is 0. The van der Waals surface area contributed by atoms with Crippen molar-refractivity contribution in [1.29, 1.82) is 0 Å².